The van der Waals surface area contributed by atoms with E-state index in [-0.39, 0.29) is 11.9 Å². The number of anilines is 3. The van der Waals surface area contributed by atoms with Gasteiger partial charge in [-0.15, -0.1) is 0 Å². The molecule has 2 heterocycles. The van der Waals surface area contributed by atoms with Crippen molar-refractivity contribution in [2.75, 3.05) is 23.8 Å². The van der Waals surface area contributed by atoms with Crippen molar-refractivity contribution < 1.29 is 9.13 Å². The minimum atomic E-state index is -0.283. The standard InChI is InChI=1S/C17H20FN5OS/c1-11-9-15(21-13-6-4-12(18)5-7-13)22-16(20-11)23-17(25)19-10-14-3-2-8-24-14/h4-7,9,14H,2-3,8,10H2,1H3,(H3,19,20,21,22,23,25)/t14-/m1/s1. The van der Waals surface area contributed by atoms with Crippen LogP contribution in [0.3, 0.4) is 0 Å². The highest BCUT2D eigenvalue weighted by Crippen LogP contribution is 2.17. The first-order chi connectivity index (χ1) is 12.1. The molecule has 1 saturated heterocycles. The van der Waals surface area contributed by atoms with Crippen molar-refractivity contribution in [3.8, 4) is 0 Å². The number of halogens is 1. The largest absolute Gasteiger partial charge is 0.376 e. The molecule has 1 aromatic carbocycles. The number of thiocarbonyl (C=S) groups is 1. The number of aromatic nitrogens is 2. The number of nitrogens with one attached hydrogen (secondary N) is 3. The Morgan fingerprint density at radius 3 is 2.84 bits per heavy atom. The summed E-state index contributed by atoms with van der Waals surface area (Å²) in [6, 6.07) is 7.87. The van der Waals surface area contributed by atoms with Crippen molar-refractivity contribution in [1.82, 2.24) is 15.3 Å². The van der Waals surface area contributed by atoms with Crippen LogP contribution < -0.4 is 16.0 Å². The molecule has 0 unspecified atom stereocenters. The molecule has 0 spiro atoms. The van der Waals surface area contributed by atoms with Crippen LogP contribution in [0.1, 0.15) is 18.5 Å². The van der Waals surface area contributed by atoms with E-state index in [4.69, 9.17) is 17.0 Å². The molecule has 0 radical (unpaired) electrons. The first-order valence-corrected chi connectivity index (χ1v) is 8.54. The SMILES string of the molecule is Cc1cc(Nc2ccc(F)cc2)nc(NC(=S)NC[C@H]2CCCO2)n1. The van der Waals surface area contributed by atoms with E-state index < -0.39 is 0 Å². The maximum atomic E-state index is 13.0. The van der Waals surface area contributed by atoms with E-state index in [1.807, 2.05) is 6.92 Å². The Balaban J connectivity index is 1.60. The van der Waals surface area contributed by atoms with Crippen LogP contribution in [0.25, 0.3) is 0 Å². The van der Waals surface area contributed by atoms with Gasteiger partial charge in [0, 0.05) is 30.6 Å². The quantitative estimate of drug-likeness (QED) is 0.707. The van der Waals surface area contributed by atoms with Crippen molar-refractivity contribution in [3.63, 3.8) is 0 Å². The number of aryl methyl sites for hydroxylation is 1. The minimum Gasteiger partial charge on any atom is -0.376 e. The van der Waals surface area contributed by atoms with Crippen LogP contribution in [0, 0.1) is 12.7 Å². The van der Waals surface area contributed by atoms with E-state index in [1.54, 1.807) is 18.2 Å². The molecule has 25 heavy (non-hydrogen) atoms. The molecule has 1 aliphatic heterocycles. The molecule has 0 amide bonds. The van der Waals surface area contributed by atoms with Crippen molar-refractivity contribution in [2.24, 2.45) is 0 Å². The molecule has 6 nitrogen and oxygen atoms in total. The first-order valence-electron chi connectivity index (χ1n) is 8.13. The number of hydrogen-bond donors (Lipinski definition) is 3. The highest BCUT2D eigenvalue weighted by molar-refractivity contribution is 7.80. The summed E-state index contributed by atoms with van der Waals surface area (Å²) < 4.78 is 18.5. The molecule has 8 heteroatoms. The molecule has 132 valence electrons. The van der Waals surface area contributed by atoms with E-state index in [0.717, 1.165) is 30.8 Å². The second kappa shape index (κ2) is 8.17. The lowest BCUT2D eigenvalue weighted by Gasteiger charge is -2.14. The molecule has 1 aromatic heterocycles. The van der Waals surface area contributed by atoms with Crippen molar-refractivity contribution in [1.29, 1.82) is 0 Å². The van der Waals surface area contributed by atoms with E-state index >= 15 is 0 Å². The fourth-order valence-electron chi connectivity index (χ4n) is 2.53. The summed E-state index contributed by atoms with van der Waals surface area (Å²) in [7, 11) is 0. The second-order valence-corrected chi connectivity index (χ2v) is 6.23. The normalized spacial score (nSPS) is 16.5. The third-order valence-electron chi connectivity index (χ3n) is 3.71. The lowest BCUT2D eigenvalue weighted by atomic mass is 10.2. The Labute approximate surface area is 151 Å². The van der Waals surface area contributed by atoms with Crippen LogP contribution in [0.2, 0.25) is 0 Å². The number of rotatable bonds is 5. The van der Waals surface area contributed by atoms with Gasteiger partial charge in [-0.2, -0.15) is 4.98 Å². The van der Waals surface area contributed by atoms with Gasteiger partial charge in [-0.3, -0.25) is 0 Å². The van der Waals surface area contributed by atoms with Gasteiger partial charge in [-0.25, -0.2) is 9.37 Å². The predicted molar refractivity (Wildman–Crippen MR) is 99.6 cm³/mol. The lowest BCUT2D eigenvalue weighted by Crippen LogP contribution is -2.35. The molecule has 2 aromatic rings. The van der Waals surface area contributed by atoms with Crippen LogP contribution in [0.4, 0.5) is 21.8 Å². The predicted octanol–water partition coefficient (Wildman–Crippen LogP) is 3.13. The summed E-state index contributed by atoms with van der Waals surface area (Å²) in [6.07, 6.45) is 2.34. The van der Waals surface area contributed by atoms with Gasteiger partial charge in [0.2, 0.25) is 5.95 Å². The van der Waals surface area contributed by atoms with Crippen LogP contribution in [-0.4, -0.2) is 34.3 Å². The zero-order valence-corrected chi connectivity index (χ0v) is 14.7. The fraction of sp³-hybridized carbons (Fsp3) is 0.353. The summed E-state index contributed by atoms with van der Waals surface area (Å²) in [5.74, 6) is 0.715. The lowest BCUT2D eigenvalue weighted by molar-refractivity contribution is 0.114. The van der Waals surface area contributed by atoms with E-state index in [9.17, 15) is 4.39 Å². The summed E-state index contributed by atoms with van der Waals surface area (Å²) in [5.41, 5.74) is 1.52. The van der Waals surface area contributed by atoms with Gasteiger partial charge in [-0.1, -0.05) is 0 Å². The Bertz CT molecular complexity index is 734. The zero-order chi connectivity index (χ0) is 17.6. The highest BCUT2D eigenvalue weighted by atomic mass is 32.1. The number of hydrogen-bond acceptors (Lipinski definition) is 5. The maximum Gasteiger partial charge on any atom is 0.231 e. The molecular weight excluding hydrogens is 341 g/mol. The molecule has 3 rings (SSSR count). The summed E-state index contributed by atoms with van der Waals surface area (Å²) in [5, 5.41) is 9.68. The molecule has 0 bridgehead atoms. The number of benzene rings is 1. The molecule has 1 atom stereocenters. The van der Waals surface area contributed by atoms with Gasteiger partial charge in [0.15, 0.2) is 5.11 Å². The second-order valence-electron chi connectivity index (χ2n) is 5.82. The summed E-state index contributed by atoms with van der Waals surface area (Å²) in [4.78, 5) is 8.71. The summed E-state index contributed by atoms with van der Waals surface area (Å²) >= 11 is 5.28. The van der Waals surface area contributed by atoms with Crippen LogP contribution in [0.5, 0.6) is 0 Å². The summed E-state index contributed by atoms with van der Waals surface area (Å²) in [6.45, 7) is 3.34. The van der Waals surface area contributed by atoms with E-state index in [0.29, 0.717) is 23.4 Å². The van der Waals surface area contributed by atoms with Crippen LogP contribution in [0.15, 0.2) is 30.3 Å². The van der Waals surface area contributed by atoms with Crippen LogP contribution >= 0.6 is 12.2 Å². The van der Waals surface area contributed by atoms with Gasteiger partial charge < -0.3 is 20.7 Å². The monoisotopic (exact) mass is 361 g/mol. The molecule has 0 saturated carbocycles. The first kappa shape index (κ1) is 17.5. The van der Waals surface area contributed by atoms with E-state index in [2.05, 4.69) is 25.9 Å². The highest BCUT2D eigenvalue weighted by Gasteiger charge is 2.15. The molecule has 3 N–H and O–H groups in total. The smallest absolute Gasteiger partial charge is 0.231 e. The van der Waals surface area contributed by atoms with Gasteiger partial charge in [0.25, 0.3) is 0 Å². The zero-order valence-electron chi connectivity index (χ0n) is 13.9. The van der Waals surface area contributed by atoms with Crippen LogP contribution in [-0.2, 0) is 4.74 Å². The van der Waals surface area contributed by atoms with Gasteiger partial charge in [-0.05, 0) is 56.2 Å². The Hall–Kier alpha value is -2.32. The molecule has 1 aliphatic rings. The van der Waals surface area contributed by atoms with Crippen molar-refractivity contribution in [3.05, 3.63) is 41.8 Å². The molecular formula is C17H20FN5OS. The van der Waals surface area contributed by atoms with Crippen molar-refractivity contribution >= 4 is 34.8 Å². The minimum absolute atomic E-state index is 0.203. The van der Waals surface area contributed by atoms with Crippen molar-refractivity contribution in [2.45, 2.75) is 25.9 Å². The third kappa shape index (κ3) is 5.33. The molecule has 0 aliphatic carbocycles. The maximum absolute atomic E-state index is 13.0. The molecule has 1 fully saturated rings. The number of nitrogens with zero attached hydrogens (tertiary/aromatic N) is 2. The Morgan fingerprint density at radius 1 is 1.32 bits per heavy atom. The fourth-order valence-corrected chi connectivity index (χ4v) is 2.70. The Morgan fingerprint density at radius 2 is 2.12 bits per heavy atom. The van der Waals surface area contributed by atoms with Gasteiger partial charge in [0.05, 0.1) is 6.10 Å². The van der Waals surface area contributed by atoms with E-state index in [1.165, 1.54) is 12.1 Å². The number of ether oxygens (including phenoxy) is 1. The van der Waals surface area contributed by atoms with Gasteiger partial charge in [0.1, 0.15) is 11.6 Å². The topological polar surface area (TPSA) is 71.1 Å². The Kier molecular flexibility index (Phi) is 5.72. The average molecular weight is 361 g/mol. The van der Waals surface area contributed by atoms with Gasteiger partial charge >= 0.3 is 0 Å². The third-order valence-corrected chi connectivity index (χ3v) is 3.96. The average Bonchev–Trinajstić information content (AvgIpc) is 3.08.